The van der Waals surface area contributed by atoms with Crippen LogP contribution in [0.25, 0.3) is 0 Å². The second kappa shape index (κ2) is 6.42. The molecule has 0 saturated carbocycles. The number of anilines is 2. The summed E-state index contributed by atoms with van der Waals surface area (Å²) in [5, 5.41) is 6.52. The number of hydrogen-bond acceptors (Lipinski definition) is 4. The molecule has 0 spiro atoms. The van der Waals surface area contributed by atoms with Gasteiger partial charge in [-0.1, -0.05) is 20.8 Å². The van der Waals surface area contributed by atoms with Crippen LogP contribution in [0.4, 0.5) is 11.6 Å². The summed E-state index contributed by atoms with van der Waals surface area (Å²) in [6.45, 7) is 9.53. The van der Waals surface area contributed by atoms with Crippen LogP contribution in [0.3, 0.4) is 0 Å². The maximum atomic E-state index is 4.53. The van der Waals surface area contributed by atoms with Crippen molar-refractivity contribution in [2.75, 3.05) is 24.2 Å². The minimum atomic E-state index is 0.707. The second-order valence-electron chi connectivity index (χ2n) is 4.67. The molecule has 0 saturated heterocycles. The molecule has 1 heterocycles. The molecule has 1 rings (SSSR count). The summed E-state index contributed by atoms with van der Waals surface area (Å²) >= 11 is 0. The molecule has 0 aromatic carbocycles. The van der Waals surface area contributed by atoms with Gasteiger partial charge in [-0.3, -0.25) is 0 Å². The van der Waals surface area contributed by atoms with Crippen molar-refractivity contribution in [2.24, 2.45) is 5.92 Å². The van der Waals surface area contributed by atoms with Gasteiger partial charge in [0.2, 0.25) is 0 Å². The minimum absolute atomic E-state index is 0.707. The fraction of sp³-hybridized carbons (Fsp3) is 0.692. The molecule has 0 atom stereocenters. The largest absolute Gasteiger partial charge is 0.373 e. The standard InChI is InChI=1S/C13H24N4/c1-6-11-16-12(14-5)10(4)13(17-11)15-8-7-9(2)3/h9H,6-8H2,1-5H3,(H2,14,15,16,17). The monoisotopic (exact) mass is 236 g/mol. The fourth-order valence-corrected chi connectivity index (χ4v) is 1.62. The molecule has 0 amide bonds. The topological polar surface area (TPSA) is 49.8 Å². The van der Waals surface area contributed by atoms with E-state index in [4.69, 9.17) is 0 Å². The fourth-order valence-electron chi connectivity index (χ4n) is 1.62. The Hall–Kier alpha value is -1.32. The van der Waals surface area contributed by atoms with E-state index in [-0.39, 0.29) is 0 Å². The van der Waals surface area contributed by atoms with E-state index in [2.05, 4.69) is 41.4 Å². The highest BCUT2D eigenvalue weighted by Gasteiger charge is 2.08. The molecule has 0 aliphatic heterocycles. The summed E-state index contributed by atoms with van der Waals surface area (Å²) < 4.78 is 0. The summed E-state index contributed by atoms with van der Waals surface area (Å²) in [4.78, 5) is 8.98. The SMILES string of the molecule is CCc1nc(NC)c(C)c(NCCC(C)C)n1. The van der Waals surface area contributed by atoms with Crippen molar-refractivity contribution < 1.29 is 0 Å². The van der Waals surface area contributed by atoms with Crippen LogP contribution in [0.2, 0.25) is 0 Å². The molecule has 0 aliphatic rings. The molecule has 1 aromatic rings. The minimum Gasteiger partial charge on any atom is -0.373 e. The second-order valence-corrected chi connectivity index (χ2v) is 4.67. The first-order valence-electron chi connectivity index (χ1n) is 6.37. The Kier molecular flexibility index (Phi) is 5.19. The number of aromatic nitrogens is 2. The molecule has 4 heteroatoms. The Balaban J connectivity index is 2.82. The van der Waals surface area contributed by atoms with Gasteiger partial charge < -0.3 is 10.6 Å². The van der Waals surface area contributed by atoms with Crippen molar-refractivity contribution in [1.82, 2.24) is 9.97 Å². The van der Waals surface area contributed by atoms with Gasteiger partial charge in [-0.2, -0.15) is 0 Å². The highest BCUT2D eigenvalue weighted by atomic mass is 15.1. The number of aryl methyl sites for hydroxylation is 1. The number of rotatable bonds is 6. The van der Waals surface area contributed by atoms with E-state index in [0.29, 0.717) is 5.92 Å². The summed E-state index contributed by atoms with van der Waals surface area (Å²) in [5.41, 5.74) is 1.09. The van der Waals surface area contributed by atoms with E-state index < -0.39 is 0 Å². The lowest BCUT2D eigenvalue weighted by atomic mass is 10.1. The summed E-state index contributed by atoms with van der Waals surface area (Å²) in [6.07, 6.45) is 2.01. The third-order valence-corrected chi connectivity index (χ3v) is 2.76. The van der Waals surface area contributed by atoms with Crippen molar-refractivity contribution in [2.45, 2.75) is 40.5 Å². The first-order valence-corrected chi connectivity index (χ1v) is 6.37. The lowest BCUT2D eigenvalue weighted by Crippen LogP contribution is -2.11. The maximum Gasteiger partial charge on any atom is 0.134 e. The van der Waals surface area contributed by atoms with Gasteiger partial charge in [0.05, 0.1) is 0 Å². The highest BCUT2D eigenvalue weighted by Crippen LogP contribution is 2.19. The van der Waals surface area contributed by atoms with E-state index in [0.717, 1.165) is 42.4 Å². The smallest absolute Gasteiger partial charge is 0.134 e. The van der Waals surface area contributed by atoms with Crippen LogP contribution in [-0.2, 0) is 6.42 Å². The first kappa shape index (κ1) is 13.7. The zero-order chi connectivity index (χ0) is 12.8. The molecule has 0 radical (unpaired) electrons. The van der Waals surface area contributed by atoms with E-state index in [1.807, 2.05) is 14.0 Å². The molecular weight excluding hydrogens is 212 g/mol. The lowest BCUT2D eigenvalue weighted by Gasteiger charge is -2.14. The lowest BCUT2D eigenvalue weighted by molar-refractivity contribution is 0.606. The Morgan fingerprint density at radius 3 is 2.35 bits per heavy atom. The predicted molar refractivity (Wildman–Crippen MR) is 73.6 cm³/mol. The van der Waals surface area contributed by atoms with E-state index >= 15 is 0 Å². The molecule has 1 aromatic heterocycles. The number of hydrogen-bond donors (Lipinski definition) is 2. The Morgan fingerprint density at radius 2 is 1.82 bits per heavy atom. The molecule has 0 bridgehead atoms. The Labute approximate surface area is 104 Å². The van der Waals surface area contributed by atoms with Crippen molar-refractivity contribution in [3.8, 4) is 0 Å². The van der Waals surface area contributed by atoms with Crippen LogP contribution in [0.5, 0.6) is 0 Å². The highest BCUT2D eigenvalue weighted by molar-refractivity contribution is 5.56. The zero-order valence-corrected chi connectivity index (χ0v) is 11.6. The van der Waals surface area contributed by atoms with Gasteiger partial charge in [-0.25, -0.2) is 9.97 Å². The van der Waals surface area contributed by atoms with Gasteiger partial charge in [-0.15, -0.1) is 0 Å². The Bertz CT molecular complexity index is 361. The number of nitrogens with zero attached hydrogens (tertiary/aromatic N) is 2. The third-order valence-electron chi connectivity index (χ3n) is 2.76. The van der Waals surface area contributed by atoms with E-state index in [1.165, 1.54) is 0 Å². The molecular formula is C13H24N4. The summed E-state index contributed by atoms with van der Waals surface area (Å²) in [5.74, 6) is 3.47. The van der Waals surface area contributed by atoms with Crippen molar-refractivity contribution >= 4 is 11.6 Å². The van der Waals surface area contributed by atoms with Crippen molar-refractivity contribution in [3.63, 3.8) is 0 Å². The van der Waals surface area contributed by atoms with Gasteiger partial charge in [-0.05, 0) is 19.3 Å². The normalized spacial score (nSPS) is 10.7. The van der Waals surface area contributed by atoms with Crippen LogP contribution in [0.15, 0.2) is 0 Å². The van der Waals surface area contributed by atoms with Crippen molar-refractivity contribution in [1.29, 1.82) is 0 Å². The van der Waals surface area contributed by atoms with Crippen LogP contribution in [0, 0.1) is 12.8 Å². The summed E-state index contributed by atoms with van der Waals surface area (Å²) in [7, 11) is 1.90. The predicted octanol–water partition coefficient (Wildman–Crippen LogP) is 2.85. The molecule has 0 unspecified atom stereocenters. The summed E-state index contributed by atoms with van der Waals surface area (Å²) in [6, 6.07) is 0. The molecule has 2 N–H and O–H groups in total. The van der Waals surface area contributed by atoms with Gasteiger partial charge in [0.25, 0.3) is 0 Å². The Morgan fingerprint density at radius 1 is 1.18 bits per heavy atom. The first-order chi connectivity index (χ1) is 8.08. The van der Waals surface area contributed by atoms with Crippen LogP contribution in [0.1, 0.15) is 38.6 Å². The average molecular weight is 236 g/mol. The van der Waals surface area contributed by atoms with Gasteiger partial charge in [0, 0.05) is 25.6 Å². The quantitative estimate of drug-likeness (QED) is 0.797. The molecule has 17 heavy (non-hydrogen) atoms. The van der Waals surface area contributed by atoms with Crippen LogP contribution < -0.4 is 10.6 Å². The maximum absolute atomic E-state index is 4.53. The zero-order valence-electron chi connectivity index (χ0n) is 11.6. The van der Waals surface area contributed by atoms with Gasteiger partial charge >= 0.3 is 0 Å². The van der Waals surface area contributed by atoms with E-state index in [9.17, 15) is 0 Å². The van der Waals surface area contributed by atoms with Crippen LogP contribution >= 0.6 is 0 Å². The van der Waals surface area contributed by atoms with Crippen molar-refractivity contribution in [3.05, 3.63) is 11.4 Å². The average Bonchev–Trinajstić information content (AvgIpc) is 2.31. The molecule has 4 nitrogen and oxygen atoms in total. The van der Waals surface area contributed by atoms with Crippen LogP contribution in [-0.4, -0.2) is 23.6 Å². The van der Waals surface area contributed by atoms with E-state index in [1.54, 1.807) is 0 Å². The molecule has 0 fully saturated rings. The molecule has 96 valence electrons. The van der Waals surface area contributed by atoms with Gasteiger partial charge in [0.1, 0.15) is 17.5 Å². The number of nitrogens with one attached hydrogen (secondary N) is 2. The molecule has 0 aliphatic carbocycles. The van der Waals surface area contributed by atoms with Gasteiger partial charge in [0.15, 0.2) is 0 Å². The third kappa shape index (κ3) is 3.88.